The highest BCUT2D eigenvalue weighted by atomic mass is 19.4. The minimum atomic E-state index is -4.63. The Kier molecular flexibility index (Phi) is 9.80. The van der Waals surface area contributed by atoms with Crippen LogP contribution in [0.4, 0.5) is 13.2 Å². The molecule has 0 radical (unpaired) electrons. The molecule has 0 N–H and O–H groups in total. The van der Waals surface area contributed by atoms with Gasteiger partial charge in [-0.15, -0.1) is 0 Å². The van der Waals surface area contributed by atoms with Gasteiger partial charge in [0.2, 0.25) is 5.91 Å². The topological polar surface area (TPSA) is 80.1 Å². The molecule has 220 valence electrons. The van der Waals surface area contributed by atoms with E-state index in [1.807, 2.05) is 43.3 Å². The molecule has 0 unspecified atom stereocenters. The van der Waals surface area contributed by atoms with Crippen LogP contribution in [0.1, 0.15) is 39.0 Å². The first kappa shape index (κ1) is 30.5. The molecule has 0 saturated carbocycles. The summed E-state index contributed by atoms with van der Waals surface area (Å²) in [4.78, 5) is 43.2. The molecule has 0 atom stereocenters. The third kappa shape index (κ3) is 7.64. The molecule has 1 aromatic heterocycles. The van der Waals surface area contributed by atoms with E-state index in [2.05, 4.69) is 0 Å². The summed E-state index contributed by atoms with van der Waals surface area (Å²) in [6.07, 6.45) is -2.94. The van der Waals surface area contributed by atoms with Crippen molar-refractivity contribution in [2.75, 3.05) is 26.8 Å². The molecule has 2 amide bonds. The molecule has 0 spiro atoms. The second-order valence-electron chi connectivity index (χ2n) is 9.98. The van der Waals surface area contributed by atoms with Crippen LogP contribution in [0.2, 0.25) is 0 Å². The van der Waals surface area contributed by atoms with Crippen LogP contribution in [-0.2, 0) is 28.8 Å². The van der Waals surface area contributed by atoms with Gasteiger partial charge in [0.1, 0.15) is 12.1 Å². The van der Waals surface area contributed by atoms with Gasteiger partial charge >= 0.3 is 6.18 Å². The lowest BCUT2D eigenvalue weighted by molar-refractivity contribution is -0.137. The number of carbonyl (C=O) groups is 2. The van der Waals surface area contributed by atoms with E-state index < -0.39 is 30.1 Å². The van der Waals surface area contributed by atoms with Crippen molar-refractivity contribution in [1.29, 1.82) is 0 Å². The molecule has 4 rings (SSSR count). The van der Waals surface area contributed by atoms with Crippen LogP contribution in [-0.4, -0.2) is 48.4 Å². The number of alkyl halides is 3. The van der Waals surface area contributed by atoms with Crippen molar-refractivity contribution in [3.8, 4) is 0 Å². The van der Waals surface area contributed by atoms with Gasteiger partial charge in [-0.1, -0.05) is 48.0 Å². The smallest absolute Gasteiger partial charge is 0.416 e. The quantitative estimate of drug-likeness (QED) is 0.209. The Morgan fingerprint density at radius 1 is 0.929 bits per heavy atom. The zero-order valence-electron chi connectivity index (χ0n) is 23.3. The van der Waals surface area contributed by atoms with Gasteiger partial charge in [-0.2, -0.15) is 13.2 Å². The molecule has 42 heavy (non-hydrogen) atoms. The first-order valence-corrected chi connectivity index (χ1v) is 13.3. The van der Waals surface area contributed by atoms with Crippen molar-refractivity contribution in [2.45, 2.75) is 32.6 Å². The Labute approximate surface area is 241 Å². The lowest BCUT2D eigenvalue weighted by Crippen LogP contribution is -2.43. The van der Waals surface area contributed by atoms with Gasteiger partial charge in [-0.25, -0.2) is 0 Å². The molecule has 4 aromatic rings. The Morgan fingerprint density at radius 3 is 2.40 bits per heavy atom. The van der Waals surface area contributed by atoms with Crippen LogP contribution in [0, 0.1) is 6.92 Å². The standard InChI is InChI=1S/C32H31F3N2O5/c1-22-12-13-28-27(16-22)30(39)25(21-42-28)19-37(18-23-8-4-3-5-9-23)29(38)20-36(14-7-15-41-2)31(40)24-10-6-11-26(17-24)32(33,34)35/h3-6,8-13,16-17,21H,7,14-15,18-20H2,1-2H3. The number of nitrogens with zero attached hydrogens (tertiary/aromatic N) is 2. The molecule has 10 heteroatoms. The summed E-state index contributed by atoms with van der Waals surface area (Å²) in [6, 6.07) is 18.5. The summed E-state index contributed by atoms with van der Waals surface area (Å²) in [5, 5.41) is 0.389. The highest BCUT2D eigenvalue weighted by Crippen LogP contribution is 2.30. The monoisotopic (exact) mass is 580 g/mol. The van der Waals surface area contributed by atoms with Gasteiger partial charge < -0.3 is 19.0 Å². The summed E-state index contributed by atoms with van der Waals surface area (Å²) >= 11 is 0. The van der Waals surface area contributed by atoms with E-state index in [0.717, 1.165) is 29.3 Å². The molecule has 0 aliphatic rings. The van der Waals surface area contributed by atoms with Gasteiger partial charge in [0.05, 0.1) is 29.3 Å². The van der Waals surface area contributed by atoms with E-state index >= 15 is 0 Å². The van der Waals surface area contributed by atoms with Crippen LogP contribution in [0.15, 0.2) is 88.3 Å². The van der Waals surface area contributed by atoms with E-state index in [0.29, 0.717) is 17.4 Å². The average molecular weight is 581 g/mol. The molecule has 0 aliphatic carbocycles. The number of fused-ring (bicyclic) bond motifs is 1. The Balaban J connectivity index is 1.64. The van der Waals surface area contributed by atoms with Crippen molar-refractivity contribution in [1.82, 2.24) is 9.80 Å². The summed E-state index contributed by atoms with van der Waals surface area (Å²) in [5.41, 5.74) is 0.934. The Bertz CT molecular complexity index is 1600. The van der Waals surface area contributed by atoms with Gasteiger partial charge in [0, 0.05) is 32.4 Å². The third-order valence-corrected chi connectivity index (χ3v) is 6.76. The average Bonchev–Trinajstić information content (AvgIpc) is 2.97. The maximum atomic E-state index is 13.8. The van der Waals surface area contributed by atoms with Crippen molar-refractivity contribution in [3.05, 3.63) is 117 Å². The molecule has 0 aliphatic heterocycles. The number of halogens is 3. The summed E-state index contributed by atoms with van der Waals surface area (Å²) < 4.78 is 50.7. The van der Waals surface area contributed by atoms with Crippen molar-refractivity contribution in [2.24, 2.45) is 0 Å². The maximum absolute atomic E-state index is 13.8. The molecule has 0 fully saturated rings. The van der Waals surface area contributed by atoms with Crippen LogP contribution in [0.5, 0.6) is 0 Å². The van der Waals surface area contributed by atoms with Crippen LogP contribution >= 0.6 is 0 Å². The summed E-state index contributed by atoms with van der Waals surface area (Å²) in [6.45, 7) is 1.84. The van der Waals surface area contributed by atoms with E-state index in [-0.39, 0.29) is 42.8 Å². The fraction of sp³-hybridized carbons (Fsp3) is 0.281. The van der Waals surface area contributed by atoms with E-state index in [1.165, 1.54) is 29.2 Å². The van der Waals surface area contributed by atoms with Gasteiger partial charge in [-0.05, 0) is 49.2 Å². The summed E-state index contributed by atoms with van der Waals surface area (Å²) in [5.74, 6) is -1.20. The zero-order valence-corrected chi connectivity index (χ0v) is 23.3. The van der Waals surface area contributed by atoms with Crippen LogP contribution in [0.25, 0.3) is 11.0 Å². The van der Waals surface area contributed by atoms with Gasteiger partial charge in [-0.3, -0.25) is 14.4 Å². The van der Waals surface area contributed by atoms with Crippen LogP contribution < -0.4 is 5.43 Å². The molecular formula is C32H31F3N2O5. The number of methoxy groups -OCH3 is 1. The van der Waals surface area contributed by atoms with Crippen molar-refractivity contribution in [3.63, 3.8) is 0 Å². The molecule has 0 saturated heterocycles. The predicted octanol–water partition coefficient (Wildman–Crippen LogP) is 5.83. The Morgan fingerprint density at radius 2 is 1.69 bits per heavy atom. The van der Waals surface area contributed by atoms with E-state index in [9.17, 15) is 27.6 Å². The number of ether oxygens (including phenoxy) is 1. The second kappa shape index (κ2) is 13.5. The largest absolute Gasteiger partial charge is 0.464 e. The minimum absolute atomic E-state index is 0.0746. The number of hydrogen-bond donors (Lipinski definition) is 0. The fourth-order valence-corrected chi connectivity index (χ4v) is 4.56. The number of benzene rings is 3. The Hall–Kier alpha value is -4.44. The molecule has 7 nitrogen and oxygen atoms in total. The van der Waals surface area contributed by atoms with Crippen molar-refractivity contribution < 1.29 is 31.9 Å². The third-order valence-electron chi connectivity index (χ3n) is 6.76. The van der Waals surface area contributed by atoms with E-state index in [1.54, 1.807) is 12.1 Å². The number of amides is 2. The lowest BCUT2D eigenvalue weighted by Gasteiger charge is -2.28. The molecule has 0 bridgehead atoms. The predicted molar refractivity (Wildman–Crippen MR) is 152 cm³/mol. The zero-order chi connectivity index (χ0) is 30.3. The highest BCUT2D eigenvalue weighted by molar-refractivity contribution is 5.96. The number of hydrogen-bond acceptors (Lipinski definition) is 5. The normalized spacial score (nSPS) is 11.5. The first-order chi connectivity index (χ1) is 20.1. The number of carbonyl (C=O) groups excluding carboxylic acids is 2. The van der Waals surface area contributed by atoms with Gasteiger partial charge in [0.25, 0.3) is 5.91 Å². The fourth-order valence-electron chi connectivity index (χ4n) is 4.56. The lowest BCUT2D eigenvalue weighted by atomic mass is 10.1. The van der Waals surface area contributed by atoms with Crippen molar-refractivity contribution >= 4 is 22.8 Å². The first-order valence-electron chi connectivity index (χ1n) is 13.3. The second-order valence-corrected chi connectivity index (χ2v) is 9.98. The van der Waals surface area contributed by atoms with Crippen LogP contribution in [0.3, 0.4) is 0 Å². The molecule has 3 aromatic carbocycles. The minimum Gasteiger partial charge on any atom is -0.464 e. The number of aryl methyl sites for hydroxylation is 1. The highest BCUT2D eigenvalue weighted by Gasteiger charge is 2.32. The van der Waals surface area contributed by atoms with E-state index in [4.69, 9.17) is 9.15 Å². The SMILES string of the molecule is COCCCN(CC(=O)N(Cc1ccccc1)Cc1coc2ccc(C)cc2c1=O)C(=O)c1cccc(C(F)(F)F)c1. The number of rotatable bonds is 11. The molecular weight excluding hydrogens is 549 g/mol. The maximum Gasteiger partial charge on any atom is 0.416 e. The molecule has 1 heterocycles. The summed E-state index contributed by atoms with van der Waals surface area (Å²) in [7, 11) is 1.49. The van der Waals surface area contributed by atoms with Gasteiger partial charge in [0.15, 0.2) is 5.43 Å².